The van der Waals surface area contributed by atoms with Gasteiger partial charge < -0.3 is 10.4 Å². The first-order valence-electron chi connectivity index (χ1n) is 6.28. The van der Waals surface area contributed by atoms with E-state index in [0.29, 0.717) is 5.92 Å². The fraction of sp³-hybridized carbons (Fsp3) is 0.571. The standard InChI is InChI=1S/C14H19NO/c1-9-5-6-12-11(7-9)8-13(16)14(15-12)10-3-2-4-10/h5-7,10,13-16H,2-4,8H2,1H3. The van der Waals surface area contributed by atoms with Crippen molar-refractivity contribution in [3.05, 3.63) is 29.3 Å². The summed E-state index contributed by atoms with van der Waals surface area (Å²) in [6, 6.07) is 6.76. The molecule has 0 aromatic heterocycles. The van der Waals surface area contributed by atoms with E-state index in [1.807, 2.05) is 0 Å². The lowest BCUT2D eigenvalue weighted by atomic mass is 9.75. The van der Waals surface area contributed by atoms with E-state index in [4.69, 9.17) is 0 Å². The lowest BCUT2D eigenvalue weighted by Crippen LogP contribution is -2.46. The smallest absolute Gasteiger partial charge is 0.0784 e. The molecule has 2 unspecified atom stereocenters. The molecule has 2 heteroatoms. The number of hydrogen-bond donors (Lipinski definition) is 2. The van der Waals surface area contributed by atoms with Crippen LogP contribution in [0.4, 0.5) is 5.69 Å². The summed E-state index contributed by atoms with van der Waals surface area (Å²) in [5, 5.41) is 13.7. The van der Waals surface area contributed by atoms with Crippen LogP contribution >= 0.6 is 0 Å². The first-order valence-corrected chi connectivity index (χ1v) is 6.28. The van der Waals surface area contributed by atoms with E-state index in [1.54, 1.807) is 0 Å². The molecule has 0 saturated heterocycles. The molecule has 0 radical (unpaired) electrons. The number of aliphatic hydroxyl groups is 1. The normalized spacial score (nSPS) is 29.1. The predicted molar refractivity (Wildman–Crippen MR) is 65.6 cm³/mol. The Morgan fingerprint density at radius 1 is 1.31 bits per heavy atom. The summed E-state index contributed by atoms with van der Waals surface area (Å²) in [4.78, 5) is 0. The molecule has 86 valence electrons. The highest BCUT2D eigenvalue weighted by Gasteiger charge is 2.35. The Labute approximate surface area is 96.7 Å². The van der Waals surface area contributed by atoms with Crippen molar-refractivity contribution in [1.82, 2.24) is 0 Å². The minimum Gasteiger partial charge on any atom is -0.391 e. The summed E-state index contributed by atoms with van der Waals surface area (Å²) in [6.07, 6.45) is 4.48. The Kier molecular flexibility index (Phi) is 2.40. The van der Waals surface area contributed by atoms with Crippen LogP contribution in [0.3, 0.4) is 0 Å². The summed E-state index contributed by atoms with van der Waals surface area (Å²) in [5.41, 5.74) is 3.77. The van der Waals surface area contributed by atoms with E-state index < -0.39 is 0 Å². The Morgan fingerprint density at radius 2 is 2.12 bits per heavy atom. The largest absolute Gasteiger partial charge is 0.391 e. The van der Waals surface area contributed by atoms with Crippen LogP contribution in [0.1, 0.15) is 30.4 Å². The maximum absolute atomic E-state index is 10.2. The Morgan fingerprint density at radius 3 is 2.81 bits per heavy atom. The molecule has 0 spiro atoms. The van der Waals surface area contributed by atoms with E-state index >= 15 is 0 Å². The average molecular weight is 217 g/mol. The van der Waals surface area contributed by atoms with Gasteiger partial charge in [-0.05, 0) is 37.3 Å². The van der Waals surface area contributed by atoms with E-state index in [2.05, 4.69) is 30.4 Å². The van der Waals surface area contributed by atoms with Crippen molar-refractivity contribution in [3.8, 4) is 0 Å². The minimum absolute atomic E-state index is 0.209. The molecule has 0 bridgehead atoms. The molecule has 1 fully saturated rings. The molecule has 3 rings (SSSR count). The SMILES string of the molecule is Cc1ccc2c(c1)CC(O)C(C1CCC1)N2. The van der Waals surface area contributed by atoms with Crippen LogP contribution in [-0.4, -0.2) is 17.3 Å². The van der Waals surface area contributed by atoms with Gasteiger partial charge in [-0.1, -0.05) is 24.1 Å². The zero-order valence-corrected chi connectivity index (χ0v) is 9.74. The van der Waals surface area contributed by atoms with Crippen LogP contribution in [0.25, 0.3) is 0 Å². The Hall–Kier alpha value is -1.02. The van der Waals surface area contributed by atoms with Gasteiger partial charge in [-0.25, -0.2) is 0 Å². The summed E-state index contributed by atoms with van der Waals surface area (Å²) in [5.74, 6) is 0.685. The third-order valence-electron chi connectivity index (χ3n) is 4.08. The van der Waals surface area contributed by atoms with E-state index in [1.165, 1.54) is 36.1 Å². The molecule has 1 aliphatic carbocycles. The Bertz CT molecular complexity index is 398. The lowest BCUT2D eigenvalue weighted by molar-refractivity contribution is 0.0961. The van der Waals surface area contributed by atoms with E-state index in [-0.39, 0.29) is 12.1 Å². The van der Waals surface area contributed by atoms with Gasteiger partial charge in [0.1, 0.15) is 0 Å². The molecule has 0 amide bonds. The van der Waals surface area contributed by atoms with Gasteiger partial charge in [-0.15, -0.1) is 0 Å². The second-order valence-electron chi connectivity index (χ2n) is 5.29. The summed E-state index contributed by atoms with van der Waals surface area (Å²) < 4.78 is 0. The van der Waals surface area contributed by atoms with Gasteiger partial charge in [0.05, 0.1) is 12.1 Å². The molecule has 2 nitrogen and oxygen atoms in total. The third-order valence-corrected chi connectivity index (χ3v) is 4.08. The van der Waals surface area contributed by atoms with Gasteiger partial charge in [-0.3, -0.25) is 0 Å². The van der Waals surface area contributed by atoms with E-state index in [0.717, 1.165) is 6.42 Å². The molecule has 16 heavy (non-hydrogen) atoms. The number of aliphatic hydroxyl groups excluding tert-OH is 1. The molecule has 1 saturated carbocycles. The van der Waals surface area contributed by atoms with Crippen LogP contribution < -0.4 is 5.32 Å². The molecule has 2 aliphatic rings. The molecule has 1 aromatic rings. The first-order chi connectivity index (χ1) is 7.74. The highest BCUT2D eigenvalue weighted by atomic mass is 16.3. The van der Waals surface area contributed by atoms with Crippen molar-refractivity contribution in [2.45, 2.75) is 44.8 Å². The van der Waals surface area contributed by atoms with Gasteiger partial charge in [0.15, 0.2) is 0 Å². The average Bonchev–Trinajstić information content (AvgIpc) is 2.16. The van der Waals surface area contributed by atoms with Gasteiger partial charge in [0.2, 0.25) is 0 Å². The minimum atomic E-state index is -0.209. The third kappa shape index (κ3) is 1.61. The fourth-order valence-electron chi connectivity index (χ4n) is 2.89. The second kappa shape index (κ2) is 3.77. The van der Waals surface area contributed by atoms with Gasteiger partial charge in [0, 0.05) is 12.1 Å². The van der Waals surface area contributed by atoms with Crippen LogP contribution in [0.15, 0.2) is 18.2 Å². The van der Waals surface area contributed by atoms with Gasteiger partial charge in [0.25, 0.3) is 0 Å². The summed E-state index contributed by atoms with van der Waals surface area (Å²) in [7, 11) is 0. The highest BCUT2D eigenvalue weighted by Crippen LogP contribution is 2.37. The molecular formula is C14H19NO. The van der Waals surface area contributed by atoms with Crippen molar-refractivity contribution >= 4 is 5.69 Å². The second-order valence-corrected chi connectivity index (χ2v) is 5.29. The quantitative estimate of drug-likeness (QED) is 0.757. The number of benzene rings is 1. The first kappa shape index (κ1) is 10.2. The van der Waals surface area contributed by atoms with Gasteiger partial charge in [-0.2, -0.15) is 0 Å². The number of aryl methyl sites for hydroxylation is 1. The fourth-order valence-corrected chi connectivity index (χ4v) is 2.89. The van der Waals surface area contributed by atoms with E-state index in [9.17, 15) is 5.11 Å². The summed E-state index contributed by atoms with van der Waals surface area (Å²) >= 11 is 0. The molecule has 1 aliphatic heterocycles. The molecule has 2 atom stereocenters. The van der Waals surface area contributed by atoms with Crippen molar-refractivity contribution in [1.29, 1.82) is 0 Å². The van der Waals surface area contributed by atoms with Crippen molar-refractivity contribution < 1.29 is 5.11 Å². The number of hydrogen-bond acceptors (Lipinski definition) is 2. The van der Waals surface area contributed by atoms with Crippen LogP contribution in [0, 0.1) is 12.8 Å². The zero-order valence-electron chi connectivity index (χ0n) is 9.74. The van der Waals surface area contributed by atoms with Crippen LogP contribution in [0.2, 0.25) is 0 Å². The lowest BCUT2D eigenvalue weighted by Gasteiger charge is -2.41. The van der Waals surface area contributed by atoms with Gasteiger partial charge >= 0.3 is 0 Å². The molecular weight excluding hydrogens is 198 g/mol. The molecule has 1 aromatic carbocycles. The van der Waals surface area contributed by atoms with Crippen molar-refractivity contribution in [2.75, 3.05) is 5.32 Å². The molecule has 2 N–H and O–H groups in total. The predicted octanol–water partition coefficient (Wildman–Crippen LogP) is 2.49. The monoisotopic (exact) mass is 217 g/mol. The van der Waals surface area contributed by atoms with Crippen molar-refractivity contribution in [2.24, 2.45) is 5.92 Å². The highest BCUT2D eigenvalue weighted by molar-refractivity contribution is 5.56. The zero-order chi connectivity index (χ0) is 11.1. The van der Waals surface area contributed by atoms with Crippen LogP contribution in [0.5, 0.6) is 0 Å². The van der Waals surface area contributed by atoms with Crippen LogP contribution in [-0.2, 0) is 6.42 Å². The number of nitrogens with one attached hydrogen (secondary N) is 1. The Balaban J connectivity index is 1.86. The maximum atomic E-state index is 10.2. The summed E-state index contributed by atoms with van der Waals surface area (Å²) in [6.45, 7) is 2.10. The van der Waals surface area contributed by atoms with Crippen molar-refractivity contribution in [3.63, 3.8) is 0 Å². The number of fused-ring (bicyclic) bond motifs is 1. The molecule has 1 heterocycles. The topological polar surface area (TPSA) is 32.3 Å². The number of rotatable bonds is 1. The number of anilines is 1. The maximum Gasteiger partial charge on any atom is 0.0784 e.